The van der Waals surface area contributed by atoms with Gasteiger partial charge in [0.15, 0.2) is 0 Å². The smallest absolute Gasteiger partial charge is 0.273 e. The van der Waals surface area contributed by atoms with E-state index in [1.165, 1.54) is 4.68 Å². The van der Waals surface area contributed by atoms with E-state index in [0.717, 1.165) is 10.6 Å². The van der Waals surface area contributed by atoms with Gasteiger partial charge in [-0.1, -0.05) is 23.7 Å². The number of aromatic nitrogens is 2. The minimum atomic E-state index is -0.343. The second-order valence-corrected chi connectivity index (χ2v) is 7.45. The van der Waals surface area contributed by atoms with E-state index < -0.39 is 0 Å². The highest BCUT2D eigenvalue weighted by Gasteiger charge is 2.08. The van der Waals surface area contributed by atoms with E-state index in [0.29, 0.717) is 22.3 Å². The van der Waals surface area contributed by atoms with Crippen LogP contribution in [0.1, 0.15) is 6.42 Å². The molecule has 0 fully saturated rings. The van der Waals surface area contributed by atoms with E-state index in [1.54, 1.807) is 36.0 Å². The predicted molar refractivity (Wildman–Crippen MR) is 109 cm³/mol. The van der Waals surface area contributed by atoms with Crippen LogP contribution in [0.2, 0.25) is 5.02 Å². The van der Waals surface area contributed by atoms with Crippen LogP contribution in [-0.2, 0) is 11.3 Å². The third kappa shape index (κ3) is 5.02. The van der Waals surface area contributed by atoms with Crippen LogP contribution < -0.4 is 16.4 Å². The van der Waals surface area contributed by atoms with E-state index in [9.17, 15) is 14.4 Å². The average Bonchev–Trinajstić information content (AvgIpc) is 2.68. The number of aryl methyl sites for hydroxylation is 1. The standard InChI is InChI=1S/C19H18ClN3O3S/c20-13-5-7-14(8-6-13)27-12-10-21-17(24)9-11-23-19(26)16-4-2-1-3-15(16)18(25)22-23/h1-8H,9-12H2,(H,21,24)(H,22,25). The van der Waals surface area contributed by atoms with Gasteiger partial charge in [0.1, 0.15) is 0 Å². The number of halogens is 1. The molecule has 8 heteroatoms. The molecule has 3 aromatic rings. The number of carbonyl (C=O) groups excluding carboxylic acids is 1. The lowest BCUT2D eigenvalue weighted by Gasteiger charge is -2.08. The van der Waals surface area contributed by atoms with Gasteiger partial charge in [0, 0.05) is 28.6 Å². The van der Waals surface area contributed by atoms with E-state index in [2.05, 4.69) is 10.4 Å². The van der Waals surface area contributed by atoms with Gasteiger partial charge in [0.2, 0.25) is 5.91 Å². The molecule has 0 spiro atoms. The minimum Gasteiger partial charge on any atom is -0.355 e. The Morgan fingerprint density at radius 1 is 1.07 bits per heavy atom. The molecule has 6 nitrogen and oxygen atoms in total. The summed E-state index contributed by atoms with van der Waals surface area (Å²) < 4.78 is 1.19. The molecule has 0 saturated heterocycles. The zero-order chi connectivity index (χ0) is 19.2. The summed E-state index contributed by atoms with van der Waals surface area (Å²) in [6.45, 7) is 0.629. The van der Waals surface area contributed by atoms with Crippen molar-refractivity contribution >= 4 is 40.0 Å². The second kappa shape index (κ2) is 8.92. The lowest BCUT2D eigenvalue weighted by Crippen LogP contribution is -2.33. The first-order valence-electron chi connectivity index (χ1n) is 8.41. The van der Waals surface area contributed by atoms with Crippen LogP contribution in [0.15, 0.2) is 63.0 Å². The van der Waals surface area contributed by atoms with Gasteiger partial charge < -0.3 is 5.32 Å². The van der Waals surface area contributed by atoms with Crippen LogP contribution in [0, 0.1) is 0 Å². The summed E-state index contributed by atoms with van der Waals surface area (Å²) in [6.07, 6.45) is 0.111. The molecule has 0 bridgehead atoms. The number of aromatic amines is 1. The third-order valence-corrected chi connectivity index (χ3v) is 5.22. The molecule has 2 aromatic carbocycles. The maximum Gasteiger partial charge on any atom is 0.273 e. The summed E-state index contributed by atoms with van der Waals surface area (Å²) in [5.74, 6) is 0.549. The molecule has 0 aliphatic heterocycles. The number of hydrogen-bond acceptors (Lipinski definition) is 4. The summed E-state index contributed by atoms with van der Waals surface area (Å²) in [5, 5.41) is 6.72. The molecule has 3 rings (SSSR count). The Morgan fingerprint density at radius 2 is 1.78 bits per heavy atom. The molecule has 0 atom stereocenters. The number of nitrogens with zero attached hydrogens (tertiary/aromatic N) is 1. The molecule has 27 heavy (non-hydrogen) atoms. The lowest BCUT2D eigenvalue weighted by atomic mass is 10.2. The molecule has 1 aromatic heterocycles. The fourth-order valence-corrected chi connectivity index (χ4v) is 3.49. The molecule has 0 aliphatic rings. The monoisotopic (exact) mass is 403 g/mol. The molecule has 1 amide bonds. The van der Waals surface area contributed by atoms with Crippen LogP contribution in [0.4, 0.5) is 0 Å². The second-order valence-electron chi connectivity index (χ2n) is 5.85. The maximum atomic E-state index is 12.4. The van der Waals surface area contributed by atoms with Crippen molar-refractivity contribution in [2.45, 2.75) is 17.9 Å². The highest BCUT2D eigenvalue weighted by atomic mass is 35.5. The summed E-state index contributed by atoms with van der Waals surface area (Å²) in [6, 6.07) is 14.1. The predicted octanol–water partition coefficient (Wildman–Crippen LogP) is 2.64. The van der Waals surface area contributed by atoms with Gasteiger partial charge in [-0.2, -0.15) is 0 Å². The van der Waals surface area contributed by atoms with Gasteiger partial charge in [-0.05, 0) is 36.4 Å². The molecule has 0 radical (unpaired) electrons. The number of benzene rings is 2. The van der Waals surface area contributed by atoms with Crippen LogP contribution in [0.5, 0.6) is 0 Å². The Balaban J connectivity index is 1.50. The van der Waals surface area contributed by atoms with E-state index in [4.69, 9.17) is 11.6 Å². The van der Waals surface area contributed by atoms with E-state index >= 15 is 0 Å². The van der Waals surface area contributed by atoms with Crippen molar-refractivity contribution in [3.05, 3.63) is 74.3 Å². The Kier molecular flexibility index (Phi) is 6.36. The fourth-order valence-electron chi connectivity index (χ4n) is 2.60. The first-order chi connectivity index (χ1) is 13.0. The van der Waals surface area contributed by atoms with Crippen LogP contribution in [0.3, 0.4) is 0 Å². The Bertz CT molecular complexity index is 1060. The number of H-pyrrole nitrogens is 1. The summed E-state index contributed by atoms with van der Waals surface area (Å²) in [4.78, 5) is 37.5. The molecule has 140 valence electrons. The van der Waals surface area contributed by atoms with Crippen molar-refractivity contribution in [1.29, 1.82) is 0 Å². The molecular formula is C19H18ClN3O3S. The highest BCUT2D eigenvalue weighted by molar-refractivity contribution is 7.99. The van der Waals surface area contributed by atoms with Gasteiger partial charge in [-0.15, -0.1) is 11.8 Å². The fraction of sp³-hybridized carbons (Fsp3) is 0.211. The number of rotatable bonds is 7. The van der Waals surface area contributed by atoms with E-state index in [-0.39, 0.29) is 30.0 Å². The zero-order valence-corrected chi connectivity index (χ0v) is 16.0. The molecule has 0 saturated carbocycles. The number of carbonyl (C=O) groups is 1. The van der Waals surface area contributed by atoms with Gasteiger partial charge >= 0.3 is 0 Å². The molecule has 0 aliphatic carbocycles. The van der Waals surface area contributed by atoms with Gasteiger partial charge in [-0.25, -0.2) is 4.68 Å². The van der Waals surface area contributed by atoms with Crippen molar-refractivity contribution in [3.63, 3.8) is 0 Å². The Morgan fingerprint density at radius 3 is 2.52 bits per heavy atom. The zero-order valence-electron chi connectivity index (χ0n) is 14.4. The highest BCUT2D eigenvalue weighted by Crippen LogP contribution is 2.19. The average molecular weight is 404 g/mol. The van der Waals surface area contributed by atoms with E-state index in [1.807, 2.05) is 24.3 Å². The number of fused-ring (bicyclic) bond motifs is 1. The molecular weight excluding hydrogens is 386 g/mol. The topological polar surface area (TPSA) is 84.0 Å². The Labute approximate surface area is 164 Å². The van der Waals surface area contributed by atoms with Crippen LogP contribution in [0.25, 0.3) is 10.8 Å². The van der Waals surface area contributed by atoms with Crippen molar-refractivity contribution in [2.75, 3.05) is 12.3 Å². The molecule has 1 heterocycles. The quantitative estimate of drug-likeness (QED) is 0.469. The lowest BCUT2D eigenvalue weighted by molar-refractivity contribution is -0.121. The maximum absolute atomic E-state index is 12.4. The minimum absolute atomic E-state index is 0.111. The summed E-state index contributed by atoms with van der Waals surface area (Å²) in [5.41, 5.74) is -0.652. The van der Waals surface area contributed by atoms with Crippen molar-refractivity contribution in [1.82, 2.24) is 15.1 Å². The van der Waals surface area contributed by atoms with Crippen LogP contribution in [-0.4, -0.2) is 28.0 Å². The van der Waals surface area contributed by atoms with Crippen molar-refractivity contribution in [2.24, 2.45) is 0 Å². The first-order valence-corrected chi connectivity index (χ1v) is 9.78. The van der Waals surface area contributed by atoms with Gasteiger partial charge in [0.05, 0.1) is 17.3 Å². The SMILES string of the molecule is O=C(CCn1[nH]c(=O)c2ccccc2c1=O)NCCSc1ccc(Cl)cc1. The van der Waals surface area contributed by atoms with Crippen molar-refractivity contribution in [3.8, 4) is 0 Å². The molecule has 2 N–H and O–H groups in total. The third-order valence-electron chi connectivity index (χ3n) is 3.95. The normalized spacial score (nSPS) is 10.9. The van der Waals surface area contributed by atoms with Gasteiger partial charge in [0.25, 0.3) is 11.1 Å². The largest absolute Gasteiger partial charge is 0.355 e. The van der Waals surface area contributed by atoms with Crippen LogP contribution >= 0.6 is 23.4 Å². The number of amides is 1. The number of thioether (sulfide) groups is 1. The molecule has 0 unspecified atom stereocenters. The van der Waals surface area contributed by atoms with Gasteiger partial charge in [-0.3, -0.25) is 19.5 Å². The number of hydrogen-bond donors (Lipinski definition) is 2. The summed E-state index contributed by atoms with van der Waals surface area (Å²) >= 11 is 7.46. The van der Waals surface area contributed by atoms with Crippen molar-refractivity contribution < 1.29 is 4.79 Å². The first kappa shape index (κ1) is 19.3. The summed E-state index contributed by atoms with van der Waals surface area (Å²) in [7, 11) is 0. The Hall–Kier alpha value is -2.51. The number of nitrogens with one attached hydrogen (secondary N) is 2.